The van der Waals surface area contributed by atoms with Crippen molar-refractivity contribution in [1.82, 2.24) is 0 Å². The molecule has 1 aliphatic rings. The normalized spacial score (nSPS) is 11.5. The first-order valence-electron chi connectivity index (χ1n) is 11.0. The number of hydrogen-bond donors (Lipinski definition) is 0. The summed E-state index contributed by atoms with van der Waals surface area (Å²) >= 11 is 0. The molecule has 0 heterocycles. The van der Waals surface area contributed by atoms with Crippen molar-refractivity contribution in [1.29, 1.82) is 0 Å². The summed E-state index contributed by atoms with van der Waals surface area (Å²) in [5, 5.41) is 0. The van der Waals surface area contributed by atoms with Crippen molar-refractivity contribution in [3.05, 3.63) is 89.0 Å². The SMILES string of the molecule is Cc1ccc2c(c1)-c1ccccc1-c1cc(N(C)C)ccc1-c1cc(C)c(C)c(C)c1-2. The molecule has 154 valence electrons. The number of nitrogens with zero attached hydrogens (tertiary/aromatic N) is 1. The highest BCUT2D eigenvalue weighted by Crippen LogP contribution is 2.50. The van der Waals surface area contributed by atoms with Crippen molar-refractivity contribution in [2.75, 3.05) is 19.0 Å². The Morgan fingerprint density at radius 3 is 1.81 bits per heavy atom. The molecular weight excluding hydrogens is 374 g/mol. The number of aryl methyl sites for hydroxylation is 2. The van der Waals surface area contributed by atoms with E-state index in [1.54, 1.807) is 0 Å². The summed E-state index contributed by atoms with van der Waals surface area (Å²) in [4.78, 5) is 2.19. The van der Waals surface area contributed by atoms with Crippen molar-refractivity contribution in [2.45, 2.75) is 27.7 Å². The molecule has 0 saturated heterocycles. The second-order valence-electron chi connectivity index (χ2n) is 9.08. The van der Waals surface area contributed by atoms with Crippen LogP contribution in [-0.2, 0) is 0 Å². The molecule has 0 fully saturated rings. The van der Waals surface area contributed by atoms with Crippen LogP contribution in [0, 0.1) is 27.7 Å². The van der Waals surface area contributed by atoms with Crippen LogP contribution in [0.25, 0.3) is 44.5 Å². The number of fused-ring (bicyclic) bond motifs is 8. The Kier molecular flexibility index (Phi) is 4.51. The fraction of sp³-hybridized carbons (Fsp3) is 0.200. The van der Waals surface area contributed by atoms with E-state index in [1.165, 1.54) is 72.4 Å². The molecule has 0 amide bonds. The zero-order valence-electron chi connectivity index (χ0n) is 19.3. The fourth-order valence-electron chi connectivity index (χ4n) is 4.96. The minimum atomic E-state index is 1.22. The molecule has 0 radical (unpaired) electrons. The number of benzene rings is 4. The lowest BCUT2D eigenvalue weighted by atomic mass is 9.77. The number of rotatable bonds is 1. The Hall–Kier alpha value is -3.32. The van der Waals surface area contributed by atoms with E-state index in [4.69, 9.17) is 0 Å². The van der Waals surface area contributed by atoms with Crippen LogP contribution in [0.1, 0.15) is 22.3 Å². The molecule has 0 N–H and O–H groups in total. The van der Waals surface area contributed by atoms with Gasteiger partial charge in [0.1, 0.15) is 0 Å². The van der Waals surface area contributed by atoms with E-state index in [2.05, 4.69) is 113 Å². The molecule has 31 heavy (non-hydrogen) atoms. The predicted molar refractivity (Wildman–Crippen MR) is 135 cm³/mol. The molecule has 1 nitrogen and oxygen atoms in total. The molecule has 0 unspecified atom stereocenters. The largest absolute Gasteiger partial charge is 0.378 e. The van der Waals surface area contributed by atoms with Gasteiger partial charge in [0.15, 0.2) is 0 Å². The maximum absolute atomic E-state index is 2.39. The standard InChI is InChI=1S/C30H29N/c1-18-11-13-26-27(15-18)23-9-7-8-10-24(23)28-17-22(31(5)6)12-14-25(28)29-16-19(2)20(3)21(4)30(26)29/h7-17H,1-6H3. The molecule has 4 aromatic rings. The second-order valence-corrected chi connectivity index (χ2v) is 9.08. The summed E-state index contributed by atoms with van der Waals surface area (Å²) in [6, 6.07) is 25.1. The van der Waals surface area contributed by atoms with Gasteiger partial charge in [-0.1, -0.05) is 60.2 Å². The lowest BCUT2D eigenvalue weighted by Gasteiger charge is -2.27. The average molecular weight is 404 g/mol. The monoisotopic (exact) mass is 403 g/mol. The van der Waals surface area contributed by atoms with Gasteiger partial charge in [0.25, 0.3) is 0 Å². The maximum Gasteiger partial charge on any atom is 0.0367 e. The first-order chi connectivity index (χ1) is 14.9. The Bertz CT molecular complexity index is 1340. The molecule has 0 aromatic heterocycles. The van der Waals surface area contributed by atoms with Crippen LogP contribution in [0.3, 0.4) is 0 Å². The van der Waals surface area contributed by atoms with Crippen LogP contribution in [-0.4, -0.2) is 14.1 Å². The minimum Gasteiger partial charge on any atom is -0.378 e. The van der Waals surface area contributed by atoms with Gasteiger partial charge < -0.3 is 4.90 Å². The van der Waals surface area contributed by atoms with E-state index >= 15 is 0 Å². The van der Waals surface area contributed by atoms with Crippen molar-refractivity contribution < 1.29 is 0 Å². The molecule has 0 atom stereocenters. The first-order valence-corrected chi connectivity index (χ1v) is 11.0. The van der Waals surface area contributed by atoms with Gasteiger partial charge in [-0.3, -0.25) is 0 Å². The van der Waals surface area contributed by atoms with Gasteiger partial charge in [-0.15, -0.1) is 0 Å². The Morgan fingerprint density at radius 2 is 1.13 bits per heavy atom. The topological polar surface area (TPSA) is 3.24 Å². The van der Waals surface area contributed by atoms with E-state index in [1.807, 2.05) is 0 Å². The van der Waals surface area contributed by atoms with Gasteiger partial charge in [0.05, 0.1) is 0 Å². The summed E-state index contributed by atoms with van der Waals surface area (Å²) < 4.78 is 0. The Balaban J connectivity index is 2.02. The van der Waals surface area contributed by atoms with Gasteiger partial charge in [-0.2, -0.15) is 0 Å². The zero-order chi connectivity index (χ0) is 21.9. The highest BCUT2D eigenvalue weighted by Gasteiger charge is 2.24. The van der Waals surface area contributed by atoms with E-state index in [0.29, 0.717) is 0 Å². The van der Waals surface area contributed by atoms with Crippen LogP contribution in [0.5, 0.6) is 0 Å². The van der Waals surface area contributed by atoms with Crippen LogP contribution < -0.4 is 4.90 Å². The predicted octanol–water partition coefficient (Wildman–Crippen LogP) is 7.97. The van der Waals surface area contributed by atoms with Crippen LogP contribution in [0.15, 0.2) is 66.7 Å². The molecule has 0 spiro atoms. The summed E-state index contributed by atoms with van der Waals surface area (Å²) in [5.41, 5.74) is 17.2. The summed E-state index contributed by atoms with van der Waals surface area (Å²) in [5.74, 6) is 0. The summed E-state index contributed by atoms with van der Waals surface area (Å²) in [6.07, 6.45) is 0. The third-order valence-corrected chi connectivity index (χ3v) is 6.92. The quantitative estimate of drug-likeness (QED) is 0.274. The molecule has 1 aliphatic carbocycles. The van der Waals surface area contributed by atoms with Crippen LogP contribution >= 0.6 is 0 Å². The number of hydrogen-bond acceptors (Lipinski definition) is 1. The van der Waals surface area contributed by atoms with Crippen molar-refractivity contribution in [3.8, 4) is 44.5 Å². The van der Waals surface area contributed by atoms with Gasteiger partial charge in [-0.25, -0.2) is 0 Å². The van der Waals surface area contributed by atoms with Crippen LogP contribution in [0.4, 0.5) is 5.69 Å². The van der Waals surface area contributed by atoms with Gasteiger partial charge in [-0.05, 0) is 101 Å². The van der Waals surface area contributed by atoms with E-state index in [-0.39, 0.29) is 0 Å². The highest BCUT2D eigenvalue weighted by atomic mass is 15.1. The highest BCUT2D eigenvalue weighted by molar-refractivity contribution is 6.04. The van der Waals surface area contributed by atoms with E-state index in [9.17, 15) is 0 Å². The van der Waals surface area contributed by atoms with Crippen molar-refractivity contribution in [2.24, 2.45) is 0 Å². The van der Waals surface area contributed by atoms with Crippen LogP contribution in [0.2, 0.25) is 0 Å². The zero-order valence-corrected chi connectivity index (χ0v) is 19.3. The van der Waals surface area contributed by atoms with Crippen molar-refractivity contribution in [3.63, 3.8) is 0 Å². The maximum atomic E-state index is 2.39. The minimum absolute atomic E-state index is 1.22. The van der Waals surface area contributed by atoms with Crippen molar-refractivity contribution >= 4 is 5.69 Å². The molecule has 4 aromatic carbocycles. The number of anilines is 1. The van der Waals surface area contributed by atoms with Gasteiger partial charge in [0.2, 0.25) is 0 Å². The lowest BCUT2D eigenvalue weighted by Crippen LogP contribution is -2.09. The molecule has 0 bridgehead atoms. The smallest absolute Gasteiger partial charge is 0.0367 e. The summed E-state index contributed by atoms with van der Waals surface area (Å²) in [7, 11) is 4.22. The fourth-order valence-corrected chi connectivity index (χ4v) is 4.96. The van der Waals surface area contributed by atoms with Gasteiger partial charge in [0, 0.05) is 19.8 Å². The summed E-state index contributed by atoms with van der Waals surface area (Å²) in [6.45, 7) is 8.96. The Morgan fingerprint density at radius 1 is 0.516 bits per heavy atom. The molecule has 5 rings (SSSR count). The second kappa shape index (κ2) is 7.13. The molecular formula is C30H29N. The molecule has 0 aliphatic heterocycles. The molecule has 0 saturated carbocycles. The van der Waals surface area contributed by atoms with Gasteiger partial charge >= 0.3 is 0 Å². The first kappa shape index (κ1) is 19.6. The van der Waals surface area contributed by atoms with E-state index in [0.717, 1.165) is 0 Å². The third kappa shape index (κ3) is 2.99. The average Bonchev–Trinajstić information content (AvgIpc) is 2.76. The third-order valence-electron chi connectivity index (χ3n) is 6.92. The Labute approximate surface area is 186 Å². The molecule has 1 heteroatoms. The van der Waals surface area contributed by atoms with E-state index < -0.39 is 0 Å². The lowest BCUT2D eigenvalue weighted by molar-refractivity contribution is 1.13.